The van der Waals surface area contributed by atoms with Gasteiger partial charge in [0.25, 0.3) is 0 Å². The summed E-state index contributed by atoms with van der Waals surface area (Å²) in [5, 5.41) is 14.5. The van der Waals surface area contributed by atoms with Crippen LogP contribution in [0.1, 0.15) is 5.56 Å². The van der Waals surface area contributed by atoms with E-state index < -0.39 is 0 Å². The first-order valence-corrected chi connectivity index (χ1v) is 5.91. The van der Waals surface area contributed by atoms with Crippen LogP contribution < -0.4 is 10.6 Å². The average Bonchev–Trinajstić information content (AvgIpc) is 2.40. The van der Waals surface area contributed by atoms with Crippen LogP contribution in [0.4, 0.5) is 17.6 Å². The van der Waals surface area contributed by atoms with E-state index in [2.05, 4.69) is 31.7 Å². The number of nitrogens with zero attached hydrogens (tertiary/aromatic N) is 4. The lowest BCUT2D eigenvalue weighted by Gasteiger charge is -2.06. The summed E-state index contributed by atoms with van der Waals surface area (Å²) in [6, 6.07) is 9.53. The van der Waals surface area contributed by atoms with Crippen LogP contribution in [0.5, 0.6) is 0 Å². The van der Waals surface area contributed by atoms with Crippen LogP contribution in [0.2, 0.25) is 5.28 Å². The number of benzene rings is 1. The zero-order chi connectivity index (χ0) is 13.7. The highest BCUT2D eigenvalue weighted by Crippen LogP contribution is 2.16. The van der Waals surface area contributed by atoms with Crippen LogP contribution in [0.25, 0.3) is 0 Å². The van der Waals surface area contributed by atoms with E-state index in [9.17, 15) is 0 Å². The van der Waals surface area contributed by atoms with Crippen LogP contribution in [-0.4, -0.2) is 22.0 Å². The third kappa shape index (κ3) is 3.53. The molecule has 2 N–H and O–H groups in total. The van der Waals surface area contributed by atoms with Gasteiger partial charge in [-0.05, 0) is 29.3 Å². The summed E-state index contributed by atoms with van der Waals surface area (Å²) in [6.07, 6.45) is 0.391. The van der Waals surface area contributed by atoms with Crippen molar-refractivity contribution in [2.24, 2.45) is 0 Å². The average molecular weight is 275 g/mol. The van der Waals surface area contributed by atoms with Crippen LogP contribution in [-0.2, 0) is 6.42 Å². The fourth-order valence-corrected chi connectivity index (χ4v) is 1.60. The minimum atomic E-state index is 0.114. The van der Waals surface area contributed by atoms with Gasteiger partial charge in [-0.15, -0.1) is 0 Å². The Hall–Kier alpha value is -2.39. The van der Waals surface area contributed by atoms with Gasteiger partial charge < -0.3 is 10.6 Å². The maximum Gasteiger partial charge on any atom is 0.233 e. The number of anilines is 3. The highest BCUT2D eigenvalue weighted by molar-refractivity contribution is 6.28. The van der Waals surface area contributed by atoms with E-state index in [0.29, 0.717) is 18.3 Å². The second-order valence-electron chi connectivity index (χ2n) is 3.66. The Kier molecular flexibility index (Phi) is 4.11. The maximum atomic E-state index is 8.60. The molecule has 96 valence electrons. The van der Waals surface area contributed by atoms with Crippen molar-refractivity contribution in [3.05, 3.63) is 35.1 Å². The van der Waals surface area contributed by atoms with Crippen molar-refractivity contribution < 1.29 is 0 Å². The number of nitriles is 1. The van der Waals surface area contributed by atoms with Gasteiger partial charge in [0.15, 0.2) is 0 Å². The zero-order valence-corrected chi connectivity index (χ0v) is 10.9. The van der Waals surface area contributed by atoms with E-state index in [-0.39, 0.29) is 5.28 Å². The number of hydrogen-bond acceptors (Lipinski definition) is 6. The Morgan fingerprint density at radius 1 is 1.16 bits per heavy atom. The van der Waals surface area contributed by atoms with E-state index in [4.69, 9.17) is 16.9 Å². The molecule has 1 aromatic heterocycles. The number of rotatable bonds is 4. The number of aromatic nitrogens is 3. The Labute approximate surface area is 115 Å². The molecule has 19 heavy (non-hydrogen) atoms. The molecule has 0 amide bonds. The molecule has 0 atom stereocenters. The number of hydrogen-bond donors (Lipinski definition) is 2. The second-order valence-corrected chi connectivity index (χ2v) is 4.00. The number of nitrogens with one attached hydrogen (secondary N) is 2. The van der Waals surface area contributed by atoms with Crippen LogP contribution in [0.3, 0.4) is 0 Å². The SMILES string of the molecule is CNc1nc(Cl)nc(Nc2ccc(CC#N)cc2)n1. The Bertz CT molecular complexity index is 605. The van der Waals surface area contributed by atoms with Crippen molar-refractivity contribution in [2.75, 3.05) is 17.7 Å². The van der Waals surface area contributed by atoms with E-state index >= 15 is 0 Å². The first kappa shape index (κ1) is 13.1. The molecule has 2 aromatic rings. The van der Waals surface area contributed by atoms with Crippen molar-refractivity contribution in [3.63, 3.8) is 0 Å². The predicted octanol–water partition coefficient (Wildman–Crippen LogP) is 2.38. The largest absolute Gasteiger partial charge is 0.357 e. The molecule has 7 heteroatoms. The second kappa shape index (κ2) is 5.98. The molecule has 6 nitrogen and oxygen atoms in total. The van der Waals surface area contributed by atoms with Crippen LogP contribution >= 0.6 is 11.6 Å². The fraction of sp³-hybridized carbons (Fsp3) is 0.167. The van der Waals surface area contributed by atoms with Crippen molar-refractivity contribution in [1.82, 2.24) is 15.0 Å². The lowest BCUT2D eigenvalue weighted by atomic mass is 10.1. The minimum absolute atomic E-state index is 0.114. The maximum absolute atomic E-state index is 8.60. The van der Waals surface area contributed by atoms with Gasteiger partial charge in [0.2, 0.25) is 17.2 Å². The lowest BCUT2D eigenvalue weighted by Crippen LogP contribution is -2.03. The Balaban J connectivity index is 2.16. The highest BCUT2D eigenvalue weighted by Gasteiger charge is 2.04. The van der Waals surface area contributed by atoms with Gasteiger partial charge in [-0.1, -0.05) is 12.1 Å². The summed E-state index contributed by atoms with van der Waals surface area (Å²) in [5.41, 5.74) is 1.77. The first-order chi connectivity index (χ1) is 9.21. The molecule has 0 aliphatic carbocycles. The molecule has 1 aromatic carbocycles. The summed E-state index contributed by atoms with van der Waals surface area (Å²) >= 11 is 5.78. The molecule has 0 aliphatic rings. The molecule has 0 saturated carbocycles. The quantitative estimate of drug-likeness (QED) is 0.890. The molecular formula is C12H11ClN6. The van der Waals surface area contributed by atoms with Crippen molar-refractivity contribution in [3.8, 4) is 6.07 Å². The molecule has 1 heterocycles. The van der Waals surface area contributed by atoms with Gasteiger partial charge in [0.05, 0.1) is 12.5 Å². The van der Waals surface area contributed by atoms with E-state index in [1.165, 1.54) is 0 Å². The van der Waals surface area contributed by atoms with Gasteiger partial charge in [-0.3, -0.25) is 0 Å². The molecule has 0 spiro atoms. The summed E-state index contributed by atoms with van der Waals surface area (Å²) in [5.74, 6) is 0.751. The summed E-state index contributed by atoms with van der Waals surface area (Å²) < 4.78 is 0. The molecular weight excluding hydrogens is 264 g/mol. The van der Waals surface area contributed by atoms with E-state index in [1.807, 2.05) is 24.3 Å². The molecule has 0 radical (unpaired) electrons. The van der Waals surface area contributed by atoms with Crippen LogP contribution in [0, 0.1) is 11.3 Å². The third-order valence-corrected chi connectivity index (χ3v) is 2.49. The van der Waals surface area contributed by atoms with Gasteiger partial charge in [-0.2, -0.15) is 20.2 Å². The van der Waals surface area contributed by atoms with Gasteiger partial charge in [0.1, 0.15) is 0 Å². The van der Waals surface area contributed by atoms with E-state index in [0.717, 1.165) is 11.3 Å². The van der Waals surface area contributed by atoms with Crippen molar-refractivity contribution >= 4 is 29.2 Å². The Morgan fingerprint density at radius 2 is 1.84 bits per heavy atom. The first-order valence-electron chi connectivity index (χ1n) is 5.53. The predicted molar refractivity (Wildman–Crippen MR) is 73.4 cm³/mol. The molecule has 0 bridgehead atoms. The standard InChI is InChI=1S/C12H11ClN6/c1-15-11-17-10(13)18-12(19-11)16-9-4-2-8(3-5-9)6-7-14/h2-5H,6H2,1H3,(H2,15,16,17,18,19). The summed E-state index contributed by atoms with van der Waals surface area (Å²) in [7, 11) is 1.70. The van der Waals surface area contributed by atoms with Gasteiger partial charge in [-0.25, -0.2) is 0 Å². The minimum Gasteiger partial charge on any atom is -0.357 e. The van der Waals surface area contributed by atoms with Crippen molar-refractivity contribution in [1.29, 1.82) is 5.26 Å². The van der Waals surface area contributed by atoms with E-state index in [1.54, 1.807) is 7.05 Å². The lowest BCUT2D eigenvalue weighted by molar-refractivity contribution is 1.05. The molecule has 0 saturated heterocycles. The number of halogens is 1. The summed E-state index contributed by atoms with van der Waals surface area (Å²) in [4.78, 5) is 12.0. The van der Waals surface area contributed by atoms with Gasteiger partial charge in [0, 0.05) is 12.7 Å². The topological polar surface area (TPSA) is 86.5 Å². The molecule has 0 fully saturated rings. The van der Waals surface area contributed by atoms with Gasteiger partial charge >= 0.3 is 0 Å². The smallest absolute Gasteiger partial charge is 0.233 e. The molecule has 2 rings (SSSR count). The highest BCUT2D eigenvalue weighted by atomic mass is 35.5. The Morgan fingerprint density at radius 3 is 2.47 bits per heavy atom. The molecule has 0 unspecified atom stereocenters. The third-order valence-electron chi connectivity index (χ3n) is 2.32. The summed E-state index contributed by atoms with van der Waals surface area (Å²) in [6.45, 7) is 0. The zero-order valence-electron chi connectivity index (χ0n) is 10.2. The monoisotopic (exact) mass is 274 g/mol. The van der Waals surface area contributed by atoms with Crippen molar-refractivity contribution in [2.45, 2.75) is 6.42 Å². The fourth-order valence-electron chi connectivity index (χ4n) is 1.44. The van der Waals surface area contributed by atoms with Crippen LogP contribution in [0.15, 0.2) is 24.3 Å². The normalized spacial score (nSPS) is 9.74. The molecule has 0 aliphatic heterocycles.